The molecule has 0 nitrogen and oxygen atoms in total. The van der Waals surface area contributed by atoms with E-state index < -0.39 is 0 Å². The van der Waals surface area contributed by atoms with Gasteiger partial charge in [-0.3, -0.25) is 0 Å². The van der Waals surface area contributed by atoms with Gasteiger partial charge in [0.2, 0.25) is 0 Å². The summed E-state index contributed by atoms with van der Waals surface area (Å²) in [5.74, 6) is 0. The quantitative estimate of drug-likeness (QED) is 0.467. The molecule has 0 aromatic rings. The first-order chi connectivity index (χ1) is 2.77. The van der Waals surface area contributed by atoms with E-state index in [1.54, 1.807) is 0 Å². The van der Waals surface area contributed by atoms with Gasteiger partial charge in [0, 0.05) is 8.80 Å². The van der Waals surface area contributed by atoms with Gasteiger partial charge in [-0.2, -0.15) is 0 Å². The lowest BCUT2D eigenvalue weighted by atomic mass is 10.6. The summed E-state index contributed by atoms with van der Waals surface area (Å²) in [7, 11) is -0.171. The molecule has 0 aromatic heterocycles. The van der Waals surface area contributed by atoms with Gasteiger partial charge in [-0.1, -0.05) is 32.5 Å². The van der Waals surface area contributed by atoms with E-state index in [9.17, 15) is 0 Å². The topological polar surface area (TPSA) is 0 Å². The average Bonchev–Trinajstić information content (AvgIpc) is 1.35. The van der Waals surface area contributed by atoms with E-state index in [2.05, 4.69) is 20.0 Å². The van der Waals surface area contributed by atoms with Crippen LogP contribution in [0.2, 0.25) is 19.1 Å². The molecule has 0 aliphatic rings. The third kappa shape index (κ3) is 4.22. The number of rotatable bonds is 2. The van der Waals surface area contributed by atoms with Gasteiger partial charge in [-0.25, -0.2) is 0 Å². The molecule has 0 aliphatic carbocycles. The van der Waals surface area contributed by atoms with Gasteiger partial charge in [-0.05, 0) is 0 Å². The van der Waals surface area contributed by atoms with E-state index in [1.165, 1.54) is 12.5 Å². The summed E-state index contributed by atoms with van der Waals surface area (Å²) in [6, 6.07) is 1.51. The second kappa shape index (κ2) is 3.41. The lowest BCUT2D eigenvalue weighted by Gasteiger charge is -1.93. The maximum absolute atomic E-state index is 2.39. The van der Waals surface area contributed by atoms with Crippen molar-refractivity contribution >= 4 is 8.80 Å². The molecular formula is C5H14Si. The molecule has 0 aromatic carbocycles. The fourth-order valence-electron chi connectivity index (χ4n) is 0.577. The van der Waals surface area contributed by atoms with Crippen molar-refractivity contribution in [1.29, 1.82) is 0 Å². The van der Waals surface area contributed by atoms with Gasteiger partial charge in [0.1, 0.15) is 0 Å². The Kier molecular flexibility index (Phi) is 3.53. The van der Waals surface area contributed by atoms with Crippen LogP contribution in [-0.4, -0.2) is 8.80 Å². The molecule has 0 spiro atoms. The van der Waals surface area contributed by atoms with Crippen LogP contribution in [0.15, 0.2) is 0 Å². The van der Waals surface area contributed by atoms with Gasteiger partial charge >= 0.3 is 0 Å². The van der Waals surface area contributed by atoms with Gasteiger partial charge in [0.15, 0.2) is 0 Å². The zero-order chi connectivity index (χ0) is 4.99. The average molecular weight is 102 g/mol. The summed E-state index contributed by atoms with van der Waals surface area (Å²) < 4.78 is 0. The predicted octanol–water partition coefficient (Wildman–Crippen LogP) is 1.88. The highest BCUT2D eigenvalue weighted by atomic mass is 28.3. The van der Waals surface area contributed by atoms with E-state index >= 15 is 0 Å². The lowest BCUT2D eigenvalue weighted by molar-refractivity contribution is 1.06. The van der Waals surface area contributed by atoms with Crippen LogP contribution < -0.4 is 0 Å². The minimum absolute atomic E-state index is 0.171. The molecule has 0 N–H and O–H groups in total. The summed E-state index contributed by atoms with van der Waals surface area (Å²) in [4.78, 5) is 0. The Balaban J connectivity index is 2.63. The van der Waals surface area contributed by atoms with Crippen LogP contribution in [0, 0.1) is 0 Å². The van der Waals surface area contributed by atoms with Crippen molar-refractivity contribution < 1.29 is 0 Å². The second-order valence-electron chi connectivity index (χ2n) is 2.18. The van der Waals surface area contributed by atoms with Crippen LogP contribution in [-0.2, 0) is 0 Å². The van der Waals surface area contributed by atoms with E-state index in [0.29, 0.717) is 0 Å². The standard InChI is InChI=1S/C5H14Si/c1-4-5-6(2)3/h6H,4-5H2,1-3H3. The Morgan fingerprint density at radius 2 is 1.83 bits per heavy atom. The fraction of sp³-hybridized carbons (Fsp3) is 1.00. The van der Waals surface area contributed by atoms with Crippen LogP contribution in [0.25, 0.3) is 0 Å². The third-order valence-corrected chi connectivity index (χ3v) is 2.60. The van der Waals surface area contributed by atoms with Crippen molar-refractivity contribution in [3.05, 3.63) is 0 Å². The first-order valence-corrected chi connectivity index (χ1v) is 5.90. The van der Waals surface area contributed by atoms with Gasteiger partial charge < -0.3 is 0 Å². The lowest BCUT2D eigenvalue weighted by Crippen LogP contribution is -1.95. The Labute approximate surface area is 42.2 Å². The van der Waals surface area contributed by atoms with Gasteiger partial charge in [0.25, 0.3) is 0 Å². The SMILES string of the molecule is CCC[SiH](C)C. The Hall–Kier alpha value is 0.217. The molecule has 0 unspecified atom stereocenters. The van der Waals surface area contributed by atoms with Crippen LogP contribution in [0.4, 0.5) is 0 Å². The highest BCUT2D eigenvalue weighted by Crippen LogP contribution is 1.92. The molecule has 0 atom stereocenters. The van der Waals surface area contributed by atoms with Gasteiger partial charge in [0.05, 0.1) is 0 Å². The van der Waals surface area contributed by atoms with E-state index in [-0.39, 0.29) is 8.80 Å². The molecular weight excluding hydrogens is 88.1 g/mol. The molecule has 0 fully saturated rings. The molecule has 1 heteroatoms. The summed E-state index contributed by atoms with van der Waals surface area (Å²) in [5, 5.41) is 0. The van der Waals surface area contributed by atoms with E-state index in [1.807, 2.05) is 0 Å². The van der Waals surface area contributed by atoms with E-state index in [0.717, 1.165) is 0 Å². The summed E-state index contributed by atoms with van der Waals surface area (Å²) in [6.07, 6.45) is 1.39. The molecule has 38 valence electrons. The van der Waals surface area contributed by atoms with Crippen LogP contribution in [0.5, 0.6) is 0 Å². The largest absolute Gasteiger partial charge is 0.0722 e. The Bertz CT molecular complexity index is 25.1. The molecule has 0 heterocycles. The van der Waals surface area contributed by atoms with Crippen molar-refractivity contribution in [1.82, 2.24) is 0 Å². The maximum atomic E-state index is 2.39. The number of hydrogen-bond acceptors (Lipinski definition) is 0. The zero-order valence-corrected chi connectivity index (χ0v) is 6.15. The normalized spacial score (nSPS) is 10.0. The Morgan fingerprint density at radius 3 is 1.83 bits per heavy atom. The molecule has 0 saturated heterocycles. The van der Waals surface area contributed by atoms with Crippen LogP contribution >= 0.6 is 0 Å². The first-order valence-electron chi connectivity index (χ1n) is 2.77. The zero-order valence-electron chi connectivity index (χ0n) is 4.99. The molecule has 0 amide bonds. The van der Waals surface area contributed by atoms with Crippen molar-refractivity contribution in [3.63, 3.8) is 0 Å². The molecule has 6 heavy (non-hydrogen) atoms. The predicted molar refractivity (Wildman–Crippen MR) is 34.0 cm³/mol. The van der Waals surface area contributed by atoms with Crippen molar-refractivity contribution in [3.8, 4) is 0 Å². The minimum Gasteiger partial charge on any atom is -0.0722 e. The molecule has 0 rings (SSSR count). The van der Waals surface area contributed by atoms with Crippen LogP contribution in [0.3, 0.4) is 0 Å². The van der Waals surface area contributed by atoms with Crippen molar-refractivity contribution in [2.24, 2.45) is 0 Å². The minimum atomic E-state index is -0.171. The van der Waals surface area contributed by atoms with Crippen molar-refractivity contribution in [2.45, 2.75) is 32.5 Å². The van der Waals surface area contributed by atoms with Crippen molar-refractivity contribution in [2.75, 3.05) is 0 Å². The fourth-order valence-corrected chi connectivity index (χ4v) is 1.73. The second-order valence-corrected chi connectivity index (χ2v) is 5.55. The molecule has 0 bridgehead atoms. The molecule has 0 radical (unpaired) electrons. The summed E-state index contributed by atoms with van der Waals surface area (Å²) in [6.45, 7) is 7.04. The molecule has 0 saturated carbocycles. The Morgan fingerprint density at radius 1 is 1.33 bits per heavy atom. The summed E-state index contributed by atoms with van der Waals surface area (Å²) in [5.41, 5.74) is 0. The van der Waals surface area contributed by atoms with Gasteiger partial charge in [-0.15, -0.1) is 0 Å². The highest BCUT2D eigenvalue weighted by Gasteiger charge is 1.88. The maximum Gasteiger partial charge on any atom is 0.0305 e. The number of hydrogen-bond donors (Lipinski definition) is 0. The van der Waals surface area contributed by atoms with E-state index in [4.69, 9.17) is 0 Å². The molecule has 0 aliphatic heterocycles. The smallest absolute Gasteiger partial charge is 0.0305 e. The highest BCUT2D eigenvalue weighted by molar-refractivity contribution is 6.55. The third-order valence-electron chi connectivity index (χ3n) is 0.866. The monoisotopic (exact) mass is 102 g/mol. The first kappa shape index (κ1) is 6.22. The van der Waals surface area contributed by atoms with Crippen LogP contribution in [0.1, 0.15) is 13.3 Å². The summed E-state index contributed by atoms with van der Waals surface area (Å²) >= 11 is 0.